The molecular formula is C10H13N5O2. The van der Waals surface area contributed by atoms with Crippen LogP contribution in [0.5, 0.6) is 0 Å². The number of anilines is 1. The van der Waals surface area contributed by atoms with Gasteiger partial charge in [0, 0.05) is 13.7 Å². The van der Waals surface area contributed by atoms with Crippen molar-refractivity contribution < 1.29 is 4.74 Å². The van der Waals surface area contributed by atoms with Crippen molar-refractivity contribution >= 4 is 17.1 Å². The van der Waals surface area contributed by atoms with Gasteiger partial charge in [-0.05, 0) is 12.8 Å². The molecule has 0 amide bonds. The van der Waals surface area contributed by atoms with Crippen molar-refractivity contribution in [1.29, 1.82) is 0 Å². The number of H-pyrrole nitrogens is 2. The lowest BCUT2D eigenvalue weighted by Gasteiger charge is -2.23. The van der Waals surface area contributed by atoms with Crippen LogP contribution in [0.1, 0.15) is 12.8 Å². The minimum Gasteiger partial charge on any atom is -0.358 e. The van der Waals surface area contributed by atoms with E-state index in [1.165, 1.54) is 6.33 Å². The second-order valence-electron chi connectivity index (χ2n) is 4.07. The molecule has 3 rings (SSSR count). The molecule has 0 spiro atoms. The van der Waals surface area contributed by atoms with Crippen LogP contribution in [0.15, 0.2) is 11.1 Å². The molecule has 2 N–H and O–H groups in total. The van der Waals surface area contributed by atoms with E-state index in [2.05, 4.69) is 19.9 Å². The molecule has 2 aromatic rings. The van der Waals surface area contributed by atoms with E-state index in [-0.39, 0.29) is 11.8 Å². The van der Waals surface area contributed by atoms with Crippen molar-refractivity contribution in [3.63, 3.8) is 0 Å². The lowest BCUT2D eigenvalue weighted by atomic mass is 10.3. The molecule has 3 heterocycles. The van der Waals surface area contributed by atoms with E-state index in [1.54, 1.807) is 0 Å². The first-order chi connectivity index (χ1) is 8.25. The molecule has 1 unspecified atom stereocenters. The van der Waals surface area contributed by atoms with Gasteiger partial charge in [-0.15, -0.1) is 0 Å². The Hall–Kier alpha value is -1.89. The summed E-state index contributed by atoms with van der Waals surface area (Å²) in [4.78, 5) is 27.3. The number of hydrogen-bond acceptors (Lipinski definition) is 5. The molecule has 90 valence electrons. The molecule has 0 aliphatic carbocycles. The van der Waals surface area contributed by atoms with E-state index in [4.69, 9.17) is 4.74 Å². The van der Waals surface area contributed by atoms with Gasteiger partial charge in [0.1, 0.15) is 6.23 Å². The zero-order valence-corrected chi connectivity index (χ0v) is 9.43. The van der Waals surface area contributed by atoms with E-state index in [0.29, 0.717) is 17.1 Å². The highest BCUT2D eigenvalue weighted by atomic mass is 16.5. The van der Waals surface area contributed by atoms with Crippen LogP contribution in [-0.4, -0.2) is 39.8 Å². The maximum absolute atomic E-state index is 11.7. The highest BCUT2D eigenvalue weighted by Crippen LogP contribution is 2.19. The van der Waals surface area contributed by atoms with Gasteiger partial charge in [-0.2, -0.15) is 4.98 Å². The predicted molar refractivity (Wildman–Crippen MR) is 61.9 cm³/mol. The largest absolute Gasteiger partial charge is 0.358 e. The molecule has 17 heavy (non-hydrogen) atoms. The van der Waals surface area contributed by atoms with Gasteiger partial charge >= 0.3 is 0 Å². The highest BCUT2D eigenvalue weighted by Gasteiger charge is 2.22. The lowest BCUT2D eigenvalue weighted by molar-refractivity contribution is 0.110. The number of imidazole rings is 1. The van der Waals surface area contributed by atoms with Crippen molar-refractivity contribution in [2.75, 3.05) is 18.6 Å². The summed E-state index contributed by atoms with van der Waals surface area (Å²) in [7, 11) is 1.85. The molecule has 1 aliphatic heterocycles. The fourth-order valence-corrected chi connectivity index (χ4v) is 2.00. The summed E-state index contributed by atoms with van der Waals surface area (Å²) in [6, 6.07) is 0. The van der Waals surface area contributed by atoms with Gasteiger partial charge in [-0.3, -0.25) is 9.78 Å². The van der Waals surface area contributed by atoms with Gasteiger partial charge in [-0.25, -0.2) is 4.98 Å². The third-order valence-electron chi connectivity index (χ3n) is 2.96. The zero-order valence-electron chi connectivity index (χ0n) is 9.43. The Morgan fingerprint density at radius 2 is 2.47 bits per heavy atom. The number of aromatic nitrogens is 4. The molecule has 0 aromatic carbocycles. The molecule has 1 saturated heterocycles. The molecular weight excluding hydrogens is 222 g/mol. The maximum atomic E-state index is 11.7. The Bertz CT molecular complexity index is 584. The van der Waals surface area contributed by atoms with Crippen LogP contribution in [0, 0.1) is 0 Å². The Morgan fingerprint density at radius 3 is 3.24 bits per heavy atom. The SMILES string of the molecule is CN(c1nc2nc[nH]c2c(=O)[nH]1)C1CCCO1. The summed E-state index contributed by atoms with van der Waals surface area (Å²) in [5.41, 5.74) is 0.607. The second kappa shape index (κ2) is 3.85. The van der Waals surface area contributed by atoms with Crippen LogP contribution in [0.3, 0.4) is 0 Å². The van der Waals surface area contributed by atoms with E-state index >= 15 is 0 Å². The first kappa shape index (κ1) is 10.3. The van der Waals surface area contributed by atoms with Crippen molar-refractivity contribution in [3.05, 3.63) is 16.7 Å². The molecule has 2 aromatic heterocycles. The smallest absolute Gasteiger partial charge is 0.278 e. The fraction of sp³-hybridized carbons (Fsp3) is 0.500. The summed E-state index contributed by atoms with van der Waals surface area (Å²) >= 11 is 0. The standard InChI is InChI=1S/C10H13N5O2/c1-15(6-3-2-4-17-6)10-13-8-7(9(16)14-10)11-5-12-8/h5-6H,2-4H2,1H3,(H2,11,12,13,14,16). The molecule has 7 heteroatoms. The molecule has 0 radical (unpaired) electrons. The quantitative estimate of drug-likeness (QED) is 0.777. The maximum Gasteiger partial charge on any atom is 0.278 e. The van der Waals surface area contributed by atoms with Crippen LogP contribution < -0.4 is 10.5 Å². The zero-order chi connectivity index (χ0) is 11.8. The van der Waals surface area contributed by atoms with Gasteiger partial charge in [0.2, 0.25) is 5.95 Å². The Balaban J connectivity index is 2.01. The van der Waals surface area contributed by atoms with E-state index in [9.17, 15) is 4.79 Å². The van der Waals surface area contributed by atoms with E-state index in [0.717, 1.165) is 19.4 Å². The molecule has 7 nitrogen and oxygen atoms in total. The van der Waals surface area contributed by atoms with Crippen LogP contribution in [0.4, 0.5) is 5.95 Å². The molecule has 0 bridgehead atoms. The Morgan fingerprint density at radius 1 is 1.59 bits per heavy atom. The number of nitrogens with zero attached hydrogens (tertiary/aromatic N) is 3. The molecule has 0 saturated carbocycles. The Labute approximate surface area is 96.8 Å². The second-order valence-corrected chi connectivity index (χ2v) is 4.07. The number of rotatable bonds is 2. The lowest BCUT2D eigenvalue weighted by Crippen LogP contribution is -2.33. The number of fused-ring (bicyclic) bond motifs is 1. The molecule has 1 atom stereocenters. The number of aromatic amines is 2. The molecule has 1 aliphatic rings. The minimum absolute atomic E-state index is 0.0189. The van der Waals surface area contributed by atoms with Gasteiger partial charge in [0.05, 0.1) is 6.33 Å². The van der Waals surface area contributed by atoms with E-state index in [1.807, 2.05) is 11.9 Å². The summed E-state index contributed by atoms with van der Waals surface area (Å²) in [6.07, 6.45) is 3.42. The first-order valence-electron chi connectivity index (χ1n) is 5.53. The first-order valence-corrected chi connectivity index (χ1v) is 5.53. The van der Waals surface area contributed by atoms with Crippen LogP contribution in [0.25, 0.3) is 11.2 Å². The van der Waals surface area contributed by atoms with Crippen molar-refractivity contribution in [2.24, 2.45) is 0 Å². The van der Waals surface area contributed by atoms with Crippen LogP contribution in [-0.2, 0) is 4.74 Å². The third-order valence-corrected chi connectivity index (χ3v) is 2.96. The van der Waals surface area contributed by atoms with Crippen LogP contribution >= 0.6 is 0 Å². The fourth-order valence-electron chi connectivity index (χ4n) is 2.00. The molecule has 1 fully saturated rings. The number of hydrogen-bond donors (Lipinski definition) is 2. The summed E-state index contributed by atoms with van der Waals surface area (Å²) < 4.78 is 5.54. The summed E-state index contributed by atoms with van der Waals surface area (Å²) in [6.45, 7) is 0.754. The topological polar surface area (TPSA) is 86.9 Å². The summed E-state index contributed by atoms with van der Waals surface area (Å²) in [5.74, 6) is 0.488. The minimum atomic E-state index is -0.215. The Kier molecular flexibility index (Phi) is 2.32. The van der Waals surface area contributed by atoms with Gasteiger partial charge < -0.3 is 14.6 Å². The van der Waals surface area contributed by atoms with Gasteiger partial charge in [0.15, 0.2) is 11.2 Å². The average molecular weight is 235 g/mol. The van der Waals surface area contributed by atoms with E-state index < -0.39 is 0 Å². The van der Waals surface area contributed by atoms with Gasteiger partial charge in [-0.1, -0.05) is 0 Å². The van der Waals surface area contributed by atoms with Gasteiger partial charge in [0.25, 0.3) is 5.56 Å². The average Bonchev–Trinajstić information content (AvgIpc) is 2.98. The van der Waals surface area contributed by atoms with Crippen LogP contribution in [0.2, 0.25) is 0 Å². The predicted octanol–water partition coefficient (Wildman–Crippen LogP) is 0.219. The number of nitrogens with one attached hydrogen (secondary N) is 2. The summed E-state index contributed by atoms with van der Waals surface area (Å²) in [5, 5.41) is 0. The van der Waals surface area contributed by atoms with Crippen molar-refractivity contribution in [2.45, 2.75) is 19.1 Å². The number of ether oxygens (including phenoxy) is 1. The van der Waals surface area contributed by atoms with Crippen molar-refractivity contribution in [3.8, 4) is 0 Å². The highest BCUT2D eigenvalue weighted by molar-refractivity contribution is 5.69. The third kappa shape index (κ3) is 1.68. The normalized spacial score (nSPS) is 19.9. The van der Waals surface area contributed by atoms with Crippen molar-refractivity contribution in [1.82, 2.24) is 19.9 Å². The monoisotopic (exact) mass is 235 g/mol.